The minimum absolute atomic E-state index is 0.0358. The number of benzene rings is 1. The number of hydrogen-bond acceptors (Lipinski definition) is 6. The zero-order valence-corrected chi connectivity index (χ0v) is 20.2. The number of piperidine rings is 1. The monoisotopic (exact) mass is 557 g/mol. The summed E-state index contributed by atoms with van der Waals surface area (Å²) in [6, 6.07) is 0.141. The topological polar surface area (TPSA) is 123 Å². The van der Waals surface area contributed by atoms with Crippen molar-refractivity contribution in [3.05, 3.63) is 51.6 Å². The van der Waals surface area contributed by atoms with Crippen LogP contribution in [0.5, 0.6) is 0 Å². The second kappa shape index (κ2) is 9.57. The number of fused-ring (bicyclic) bond motifs is 1. The van der Waals surface area contributed by atoms with E-state index in [2.05, 4.69) is 15.7 Å². The van der Waals surface area contributed by atoms with Crippen molar-refractivity contribution in [2.75, 3.05) is 0 Å². The number of hydrogen-bond donors (Lipinski definition) is 2. The highest BCUT2D eigenvalue weighted by Crippen LogP contribution is 2.38. The number of ether oxygens (including phenoxy) is 1. The number of alkyl halides is 3. The predicted octanol–water partition coefficient (Wildman–Crippen LogP) is 3.09. The average Bonchev–Trinajstić information content (AvgIpc) is 3.43. The molecule has 1 atom stereocenters. The van der Waals surface area contributed by atoms with Gasteiger partial charge in [-0.3, -0.25) is 24.4 Å². The number of nitrogens with zero attached hydrogens (tertiary/aromatic N) is 3. The molecule has 2 aliphatic heterocycles. The van der Waals surface area contributed by atoms with Gasteiger partial charge in [0.25, 0.3) is 5.91 Å². The van der Waals surface area contributed by atoms with E-state index in [1.54, 1.807) is 0 Å². The minimum Gasteiger partial charge on any atom is -0.445 e. The normalized spacial score (nSPS) is 23.1. The zero-order valence-electron chi connectivity index (χ0n) is 19.5. The van der Waals surface area contributed by atoms with Crippen LogP contribution in [0.3, 0.4) is 0 Å². The summed E-state index contributed by atoms with van der Waals surface area (Å²) in [5.74, 6) is -2.82. The number of halogens is 5. The van der Waals surface area contributed by atoms with E-state index in [0.717, 1.165) is 21.8 Å². The molecule has 202 valence electrons. The lowest BCUT2D eigenvalue weighted by molar-refractivity contribution is -0.146. The third kappa shape index (κ3) is 4.68. The van der Waals surface area contributed by atoms with E-state index in [9.17, 15) is 32.3 Å². The first-order chi connectivity index (χ1) is 17.9. The first kappa shape index (κ1) is 25.9. The fourth-order valence-corrected chi connectivity index (χ4v) is 5.19. The SMILES string of the molecule is O=C1CC[C@H](N2Cc3c(Cl)cc(COC(=O)NC4CC(n5nccc5C(F)(F)F)C4)c(F)c3C2=O)C(=O)N1. The van der Waals surface area contributed by atoms with E-state index in [-0.39, 0.29) is 53.9 Å². The number of nitrogens with one attached hydrogen (secondary N) is 2. The molecule has 0 radical (unpaired) electrons. The molecular formula is C23H20ClF4N5O5. The van der Waals surface area contributed by atoms with Crippen molar-refractivity contribution in [1.82, 2.24) is 25.3 Å². The molecule has 38 heavy (non-hydrogen) atoms. The fourth-order valence-electron chi connectivity index (χ4n) is 4.90. The quantitative estimate of drug-likeness (QED) is 0.430. The van der Waals surface area contributed by atoms with Gasteiger partial charge in [-0.1, -0.05) is 11.6 Å². The summed E-state index contributed by atoms with van der Waals surface area (Å²) in [7, 11) is 0. The maximum absolute atomic E-state index is 15.3. The Labute approximate surface area is 217 Å². The highest BCUT2D eigenvalue weighted by Gasteiger charge is 2.43. The number of carbonyl (C=O) groups excluding carboxylic acids is 4. The summed E-state index contributed by atoms with van der Waals surface area (Å²) >= 11 is 6.27. The second-order valence-corrected chi connectivity index (χ2v) is 9.69. The van der Waals surface area contributed by atoms with Gasteiger partial charge in [-0.2, -0.15) is 18.3 Å². The van der Waals surface area contributed by atoms with Gasteiger partial charge < -0.3 is 15.0 Å². The Morgan fingerprint density at radius 1 is 1.26 bits per heavy atom. The van der Waals surface area contributed by atoms with Crippen molar-refractivity contribution in [3.63, 3.8) is 0 Å². The van der Waals surface area contributed by atoms with E-state index in [1.165, 1.54) is 6.07 Å². The number of carbonyl (C=O) groups is 4. The first-order valence-electron chi connectivity index (χ1n) is 11.6. The highest BCUT2D eigenvalue weighted by atomic mass is 35.5. The second-order valence-electron chi connectivity index (χ2n) is 9.29. The average molecular weight is 558 g/mol. The number of amides is 4. The molecule has 15 heteroatoms. The van der Waals surface area contributed by atoms with Crippen LogP contribution in [0, 0.1) is 5.82 Å². The molecule has 1 saturated heterocycles. The summed E-state index contributed by atoms with van der Waals surface area (Å²) in [4.78, 5) is 49.9. The maximum atomic E-state index is 15.3. The van der Waals surface area contributed by atoms with Crippen molar-refractivity contribution in [2.45, 2.75) is 63.1 Å². The van der Waals surface area contributed by atoms with Crippen LogP contribution in [0.4, 0.5) is 22.4 Å². The summed E-state index contributed by atoms with van der Waals surface area (Å²) in [5.41, 5.74) is -1.19. The molecule has 1 aromatic heterocycles. The molecule has 1 aliphatic carbocycles. The highest BCUT2D eigenvalue weighted by molar-refractivity contribution is 6.32. The fraction of sp³-hybridized carbons (Fsp3) is 0.435. The van der Waals surface area contributed by atoms with Crippen LogP contribution in [0.15, 0.2) is 18.3 Å². The van der Waals surface area contributed by atoms with Gasteiger partial charge in [-0.25, -0.2) is 9.18 Å². The smallest absolute Gasteiger partial charge is 0.433 e. The van der Waals surface area contributed by atoms with Gasteiger partial charge in [0.15, 0.2) is 0 Å². The molecule has 5 rings (SSSR count). The summed E-state index contributed by atoms with van der Waals surface area (Å²) in [6.45, 7) is -0.684. The summed E-state index contributed by atoms with van der Waals surface area (Å²) < 4.78 is 60.3. The van der Waals surface area contributed by atoms with E-state index in [4.69, 9.17) is 16.3 Å². The number of imide groups is 1. The molecule has 3 aliphatic rings. The van der Waals surface area contributed by atoms with Crippen LogP contribution in [-0.4, -0.2) is 50.6 Å². The summed E-state index contributed by atoms with van der Waals surface area (Å²) in [6.07, 6.45) is -3.88. The van der Waals surface area contributed by atoms with Crippen LogP contribution in [0.1, 0.15) is 58.9 Å². The van der Waals surface area contributed by atoms with Crippen LogP contribution < -0.4 is 10.6 Å². The van der Waals surface area contributed by atoms with Gasteiger partial charge in [0.1, 0.15) is 24.2 Å². The lowest BCUT2D eigenvalue weighted by Gasteiger charge is -2.36. The predicted molar refractivity (Wildman–Crippen MR) is 120 cm³/mol. The van der Waals surface area contributed by atoms with Gasteiger partial charge in [0, 0.05) is 41.4 Å². The number of rotatable bonds is 5. The lowest BCUT2D eigenvalue weighted by Crippen LogP contribution is -2.52. The zero-order chi connectivity index (χ0) is 27.4. The van der Waals surface area contributed by atoms with Crippen molar-refractivity contribution >= 4 is 35.4 Å². The Hall–Kier alpha value is -3.68. The van der Waals surface area contributed by atoms with Gasteiger partial charge >= 0.3 is 12.3 Å². The van der Waals surface area contributed by atoms with Gasteiger partial charge in [-0.15, -0.1) is 0 Å². The Kier molecular flexibility index (Phi) is 6.53. The number of aromatic nitrogens is 2. The molecule has 1 saturated carbocycles. The third-order valence-electron chi connectivity index (χ3n) is 6.88. The summed E-state index contributed by atoms with van der Waals surface area (Å²) in [5, 5.41) is 8.42. The van der Waals surface area contributed by atoms with Crippen molar-refractivity contribution in [1.29, 1.82) is 0 Å². The Balaban J connectivity index is 1.19. The molecule has 2 fully saturated rings. The Morgan fingerprint density at radius 3 is 2.68 bits per heavy atom. The van der Waals surface area contributed by atoms with Crippen LogP contribution >= 0.6 is 11.6 Å². The van der Waals surface area contributed by atoms with E-state index >= 15 is 4.39 Å². The molecule has 1 aromatic carbocycles. The largest absolute Gasteiger partial charge is 0.445 e. The third-order valence-corrected chi connectivity index (χ3v) is 7.22. The van der Waals surface area contributed by atoms with E-state index in [1.807, 2.05) is 0 Å². The van der Waals surface area contributed by atoms with Crippen LogP contribution in [0.2, 0.25) is 5.02 Å². The van der Waals surface area contributed by atoms with Gasteiger partial charge in [0.05, 0.1) is 11.6 Å². The molecule has 0 bridgehead atoms. The standard InChI is InChI=1S/C23H20ClF4N5O5/c24-14-5-10(19(25)18-13(14)8-32(21(18)36)15-1-2-17(34)31-20(15)35)9-38-22(37)30-11-6-12(7-11)33-16(3-4-29-33)23(26,27)28/h3-5,11-12,15H,1-2,6-9H2,(H,30,37)(H,31,34,35)/t11?,12?,15-/m0/s1. The molecule has 2 N–H and O–H groups in total. The lowest BCUT2D eigenvalue weighted by atomic mass is 9.87. The van der Waals surface area contributed by atoms with Gasteiger partial charge in [0.2, 0.25) is 11.8 Å². The maximum Gasteiger partial charge on any atom is 0.433 e. The van der Waals surface area contributed by atoms with E-state index < -0.39 is 66.2 Å². The van der Waals surface area contributed by atoms with Crippen LogP contribution in [0.25, 0.3) is 0 Å². The van der Waals surface area contributed by atoms with E-state index in [0.29, 0.717) is 0 Å². The van der Waals surface area contributed by atoms with Crippen molar-refractivity contribution < 1.29 is 41.5 Å². The molecule has 0 unspecified atom stereocenters. The van der Waals surface area contributed by atoms with Crippen LogP contribution in [-0.2, 0) is 33.7 Å². The molecule has 10 nitrogen and oxygen atoms in total. The molecule has 0 spiro atoms. The number of alkyl carbamates (subject to hydrolysis) is 1. The molecule has 2 aromatic rings. The molecule has 4 amide bonds. The van der Waals surface area contributed by atoms with Crippen molar-refractivity contribution in [3.8, 4) is 0 Å². The molecular weight excluding hydrogens is 538 g/mol. The molecule has 3 heterocycles. The minimum atomic E-state index is -4.55. The van der Waals surface area contributed by atoms with Crippen molar-refractivity contribution in [2.24, 2.45) is 0 Å². The van der Waals surface area contributed by atoms with Gasteiger partial charge in [-0.05, 0) is 31.4 Å². The Morgan fingerprint density at radius 2 is 2.00 bits per heavy atom. The first-order valence-corrected chi connectivity index (χ1v) is 12.0. The Bertz CT molecular complexity index is 1340.